The number of amides is 1. The Morgan fingerprint density at radius 1 is 1.48 bits per heavy atom. The Hall–Kier alpha value is -1.69. The van der Waals surface area contributed by atoms with Crippen molar-refractivity contribution >= 4 is 5.91 Å². The molecule has 2 unspecified atom stereocenters. The normalized spacial score (nSPS) is 19.5. The SMILES string of the molecule is CC(NC(=O)CC1CCCN1)c1ccccc1OC(F)F. The minimum absolute atomic E-state index is 0.0891. The van der Waals surface area contributed by atoms with Crippen LogP contribution >= 0.6 is 0 Å². The molecule has 0 bridgehead atoms. The van der Waals surface area contributed by atoms with Crippen molar-refractivity contribution in [3.63, 3.8) is 0 Å². The van der Waals surface area contributed by atoms with Gasteiger partial charge in [0.25, 0.3) is 0 Å². The van der Waals surface area contributed by atoms with Crippen molar-refractivity contribution in [2.45, 2.75) is 44.9 Å². The van der Waals surface area contributed by atoms with Crippen LogP contribution < -0.4 is 15.4 Å². The van der Waals surface area contributed by atoms with E-state index in [1.54, 1.807) is 25.1 Å². The van der Waals surface area contributed by atoms with Gasteiger partial charge in [0.05, 0.1) is 6.04 Å². The summed E-state index contributed by atoms with van der Waals surface area (Å²) in [4.78, 5) is 12.0. The van der Waals surface area contributed by atoms with Gasteiger partial charge in [-0.1, -0.05) is 18.2 Å². The maximum absolute atomic E-state index is 12.4. The zero-order chi connectivity index (χ0) is 15.2. The molecule has 1 aromatic carbocycles. The fourth-order valence-electron chi connectivity index (χ4n) is 2.57. The first-order chi connectivity index (χ1) is 10.1. The Balaban J connectivity index is 1.95. The first kappa shape index (κ1) is 15.7. The van der Waals surface area contributed by atoms with Gasteiger partial charge >= 0.3 is 6.61 Å². The molecule has 0 radical (unpaired) electrons. The summed E-state index contributed by atoms with van der Waals surface area (Å²) in [5.41, 5.74) is 0.547. The van der Waals surface area contributed by atoms with Crippen molar-refractivity contribution in [1.82, 2.24) is 10.6 Å². The van der Waals surface area contributed by atoms with Gasteiger partial charge in [-0.3, -0.25) is 4.79 Å². The lowest BCUT2D eigenvalue weighted by Crippen LogP contribution is -2.33. The number of benzene rings is 1. The molecule has 0 aliphatic carbocycles. The lowest BCUT2D eigenvalue weighted by Gasteiger charge is -2.19. The first-order valence-electron chi connectivity index (χ1n) is 7.12. The Bertz CT molecular complexity index is 476. The van der Waals surface area contributed by atoms with E-state index in [1.807, 2.05) is 0 Å². The van der Waals surface area contributed by atoms with Gasteiger partial charge in [0.2, 0.25) is 5.91 Å². The molecule has 1 aliphatic heterocycles. The smallest absolute Gasteiger partial charge is 0.387 e. The number of halogens is 2. The predicted molar refractivity (Wildman–Crippen MR) is 75.3 cm³/mol. The van der Waals surface area contributed by atoms with E-state index in [4.69, 9.17) is 0 Å². The molecule has 1 amide bonds. The number of rotatable bonds is 6. The third-order valence-corrected chi connectivity index (χ3v) is 3.57. The number of nitrogens with one attached hydrogen (secondary N) is 2. The molecule has 116 valence electrons. The second-order valence-electron chi connectivity index (χ2n) is 5.20. The quantitative estimate of drug-likeness (QED) is 0.849. The van der Waals surface area contributed by atoms with E-state index in [0.717, 1.165) is 19.4 Å². The van der Waals surface area contributed by atoms with Gasteiger partial charge in [0.15, 0.2) is 0 Å². The molecular formula is C15H20F2N2O2. The van der Waals surface area contributed by atoms with E-state index in [2.05, 4.69) is 15.4 Å². The average molecular weight is 298 g/mol. The molecule has 1 aliphatic rings. The number of carbonyl (C=O) groups is 1. The molecule has 1 heterocycles. The number of alkyl halides is 2. The molecule has 2 atom stereocenters. The zero-order valence-electron chi connectivity index (χ0n) is 11.9. The topological polar surface area (TPSA) is 50.4 Å². The van der Waals surface area contributed by atoms with E-state index in [9.17, 15) is 13.6 Å². The number of carbonyl (C=O) groups excluding carboxylic acids is 1. The van der Waals surface area contributed by atoms with Crippen LogP contribution in [0.2, 0.25) is 0 Å². The van der Waals surface area contributed by atoms with Crippen LogP contribution in [0.4, 0.5) is 8.78 Å². The summed E-state index contributed by atoms with van der Waals surface area (Å²) in [7, 11) is 0. The third-order valence-electron chi connectivity index (χ3n) is 3.57. The summed E-state index contributed by atoms with van der Waals surface area (Å²) in [6.45, 7) is -0.177. The van der Waals surface area contributed by atoms with Gasteiger partial charge < -0.3 is 15.4 Å². The molecule has 2 rings (SSSR count). The van der Waals surface area contributed by atoms with E-state index < -0.39 is 6.61 Å². The molecule has 4 nitrogen and oxygen atoms in total. The lowest BCUT2D eigenvalue weighted by atomic mass is 10.1. The standard InChI is InChI=1S/C15H20F2N2O2/c1-10(19-14(20)9-11-5-4-8-18-11)12-6-2-3-7-13(12)21-15(16)17/h2-3,6-7,10-11,15,18H,4-5,8-9H2,1H3,(H,19,20). The Labute approximate surface area is 122 Å². The summed E-state index contributed by atoms with van der Waals surface area (Å²) in [5.74, 6) is 0.00745. The van der Waals surface area contributed by atoms with Crippen molar-refractivity contribution in [3.8, 4) is 5.75 Å². The molecule has 21 heavy (non-hydrogen) atoms. The highest BCUT2D eigenvalue weighted by Gasteiger charge is 2.20. The number of hydrogen-bond acceptors (Lipinski definition) is 3. The second-order valence-corrected chi connectivity index (χ2v) is 5.20. The van der Waals surface area contributed by atoms with Crippen molar-refractivity contribution in [3.05, 3.63) is 29.8 Å². The van der Waals surface area contributed by atoms with Crippen molar-refractivity contribution in [2.24, 2.45) is 0 Å². The summed E-state index contributed by atoms with van der Waals surface area (Å²) in [6.07, 6.45) is 2.48. The summed E-state index contributed by atoms with van der Waals surface area (Å²) >= 11 is 0. The van der Waals surface area contributed by atoms with Crippen LogP contribution in [0.15, 0.2) is 24.3 Å². The summed E-state index contributed by atoms with van der Waals surface area (Å²) < 4.78 is 29.2. The van der Waals surface area contributed by atoms with Crippen molar-refractivity contribution in [2.75, 3.05) is 6.54 Å². The number of hydrogen-bond donors (Lipinski definition) is 2. The molecule has 1 aromatic rings. The largest absolute Gasteiger partial charge is 0.434 e. The molecule has 0 spiro atoms. The van der Waals surface area contributed by atoms with Crippen LogP contribution in [0.5, 0.6) is 5.75 Å². The van der Waals surface area contributed by atoms with Crippen LogP contribution in [0.3, 0.4) is 0 Å². The summed E-state index contributed by atoms with van der Waals surface area (Å²) in [6, 6.07) is 6.34. The first-order valence-corrected chi connectivity index (χ1v) is 7.12. The van der Waals surface area contributed by atoms with Crippen LogP contribution in [0, 0.1) is 0 Å². The van der Waals surface area contributed by atoms with Gasteiger partial charge in [-0.15, -0.1) is 0 Å². The Kier molecular flexibility index (Phi) is 5.50. The van der Waals surface area contributed by atoms with Gasteiger partial charge in [-0.05, 0) is 32.4 Å². The van der Waals surface area contributed by atoms with Gasteiger partial charge in [0, 0.05) is 18.0 Å². The number of para-hydroxylation sites is 1. The van der Waals surface area contributed by atoms with E-state index >= 15 is 0 Å². The van der Waals surface area contributed by atoms with Gasteiger partial charge in [0.1, 0.15) is 5.75 Å². The molecular weight excluding hydrogens is 278 g/mol. The maximum atomic E-state index is 12.4. The fraction of sp³-hybridized carbons (Fsp3) is 0.533. The summed E-state index contributed by atoms with van der Waals surface area (Å²) in [5, 5.41) is 6.09. The van der Waals surface area contributed by atoms with Crippen LogP contribution in [-0.2, 0) is 4.79 Å². The van der Waals surface area contributed by atoms with Crippen molar-refractivity contribution < 1.29 is 18.3 Å². The van der Waals surface area contributed by atoms with Gasteiger partial charge in [-0.2, -0.15) is 8.78 Å². The molecule has 1 fully saturated rings. The molecule has 1 saturated heterocycles. The fourth-order valence-corrected chi connectivity index (χ4v) is 2.57. The maximum Gasteiger partial charge on any atom is 0.387 e. The Morgan fingerprint density at radius 3 is 2.90 bits per heavy atom. The van der Waals surface area contributed by atoms with Crippen LogP contribution in [-0.4, -0.2) is 25.1 Å². The minimum Gasteiger partial charge on any atom is -0.434 e. The van der Waals surface area contributed by atoms with E-state index in [1.165, 1.54) is 6.07 Å². The highest BCUT2D eigenvalue weighted by molar-refractivity contribution is 5.77. The van der Waals surface area contributed by atoms with Crippen molar-refractivity contribution in [1.29, 1.82) is 0 Å². The zero-order valence-corrected chi connectivity index (χ0v) is 11.9. The van der Waals surface area contributed by atoms with Crippen LogP contribution in [0.25, 0.3) is 0 Å². The predicted octanol–water partition coefficient (Wildman–Crippen LogP) is 2.61. The third kappa shape index (κ3) is 4.67. The van der Waals surface area contributed by atoms with Gasteiger partial charge in [-0.25, -0.2) is 0 Å². The highest BCUT2D eigenvalue weighted by atomic mass is 19.3. The highest BCUT2D eigenvalue weighted by Crippen LogP contribution is 2.26. The second kappa shape index (κ2) is 7.36. The average Bonchev–Trinajstić information content (AvgIpc) is 2.91. The minimum atomic E-state index is -2.88. The monoisotopic (exact) mass is 298 g/mol. The molecule has 0 aromatic heterocycles. The molecule has 0 saturated carbocycles. The van der Waals surface area contributed by atoms with E-state index in [-0.39, 0.29) is 23.7 Å². The molecule has 2 N–H and O–H groups in total. The number of ether oxygens (including phenoxy) is 1. The molecule has 6 heteroatoms. The Morgan fingerprint density at radius 2 is 2.24 bits per heavy atom. The lowest BCUT2D eigenvalue weighted by molar-refractivity contribution is -0.122. The van der Waals surface area contributed by atoms with Crippen LogP contribution in [0.1, 0.15) is 37.8 Å². The van der Waals surface area contributed by atoms with E-state index in [0.29, 0.717) is 12.0 Å².